The molecule has 1 aliphatic rings. The molecule has 0 saturated carbocycles. The molecule has 1 aliphatic heterocycles. The van der Waals surface area contributed by atoms with Crippen LogP contribution >= 0.6 is 15.9 Å². The Balaban J connectivity index is 2.03. The number of benzene rings is 2. The Labute approximate surface area is 154 Å². The third-order valence-corrected chi connectivity index (χ3v) is 4.18. The van der Waals surface area contributed by atoms with Crippen molar-refractivity contribution in [2.75, 3.05) is 13.7 Å². The Morgan fingerprint density at radius 2 is 2.00 bits per heavy atom. The summed E-state index contributed by atoms with van der Waals surface area (Å²) in [4.78, 5) is 17.0. The molecule has 0 bridgehead atoms. The van der Waals surface area contributed by atoms with Crippen molar-refractivity contribution < 1.29 is 19.1 Å². The summed E-state index contributed by atoms with van der Waals surface area (Å²) in [6.07, 6.45) is 1.73. The normalized spacial score (nSPS) is 15.1. The molecular formula is C19H16BrNO4. The van der Waals surface area contributed by atoms with Gasteiger partial charge in [0, 0.05) is 5.56 Å². The van der Waals surface area contributed by atoms with E-state index in [4.69, 9.17) is 14.3 Å². The quantitative estimate of drug-likeness (QED) is 0.556. The maximum Gasteiger partial charge on any atom is 0.368 e. The van der Waals surface area contributed by atoms with Crippen LogP contribution in [0.25, 0.3) is 6.08 Å². The Hall–Kier alpha value is -2.60. The van der Waals surface area contributed by atoms with Crippen LogP contribution in [0.2, 0.25) is 0 Å². The fraction of sp³-hybridized carbons (Fsp3) is 0.158. The minimum absolute atomic E-state index is 0.393. The first kappa shape index (κ1) is 17.2. The highest BCUT2D eigenvalue weighted by Gasteiger charge is 2.27. The highest BCUT2D eigenvalue weighted by Crippen LogP contribution is 2.37. The van der Waals surface area contributed by atoms with E-state index in [-0.39, 0.29) is 0 Å². The summed E-state index contributed by atoms with van der Waals surface area (Å²) >= 11 is 3.48. The fourth-order valence-electron chi connectivity index (χ4n) is 2.49. The number of halogens is 1. The molecule has 6 heteroatoms. The van der Waals surface area contributed by atoms with E-state index in [1.807, 2.05) is 43.3 Å². The molecule has 3 rings (SSSR count). The molecule has 0 unspecified atom stereocenters. The van der Waals surface area contributed by atoms with Gasteiger partial charge in [-0.2, -0.15) is 0 Å². The number of hydrogen-bond acceptors (Lipinski definition) is 5. The van der Waals surface area contributed by atoms with E-state index < -0.39 is 5.97 Å². The van der Waals surface area contributed by atoms with Gasteiger partial charge in [0.2, 0.25) is 0 Å². The highest BCUT2D eigenvalue weighted by atomic mass is 79.9. The lowest BCUT2D eigenvalue weighted by molar-refractivity contribution is -0.136. The Kier molecular flexibility index (Phi) is 5.19. The van der Waals surface area contributed by atoms with E-state index in [9.17, 15) is 4.79 Å². The molecule has 0 amide bonds. The largest absolute Gasteiger partial charge is 0.493 e. The van der Waals surface area contributed by atoms with E-state index in [1.165, 1.54) is 0 Å². The molecule has 2 aromatic rings. The molecule has 2 aromatic carbocycles. The van der Waals surface area contributed by atoms with E-state index in [1.54, 1.807) is 19.3 Å². The van der Waals surface area contributed by atoms with Crippen LogP contribution in [-0.2, 0) is 9.63 Å². The monoisotopic (exact) mass is 401 g/mol. The lowest BCUT2D eigenvalue weighted by atomic mass is 10.0. The smallest absolute Gasteiger partial charge is 0.368 e. The molecule has 0 N–H and O–H groups in total. The number of oxime groups is 1. The van der Waals surface area contributed by atoms with Crippen molar-refractivity contribution in [1.29, 1.82) is 0 Å². The molecule has 0 fully saturated rings. The van der Waals surface area contributed by atoms with E-state index in [2.05, 4.69) is 21.1 Å². The van der Waals surface area contributed by atoms with E-state index in [0.29, 0.717) is 29.4 Å². The lowest BCUT2D eigenvalue weighted by Gasteiger charge is -2.12. The summed E-state index contributed by atoms with van der Waals surface area (Å²) in [5.74, 6) is 0.716. The van der Waals surface area contributed by atoms with Gasteiger partial charge >= 0.3 is 5.97 Å². The van der Waals surface area contributed by atoms with Gasteiger partial charge in [-0.05, 0) is 46.6 Å². The summed E-state index contributed by atoms with van der Waals surface area (Å²) in [5, 5.41) is 3.91. The van der Waals surface area contributed by atoms with Crippen LogP contribution in [0.15, 0.2) is 57.7 Å². The SMILES string of the molecule is CCOc1c(Br)cc(/C=C2/C(=O)ON=C2c2ccccc2)cc1OC. The topological polar surface area (TPSA) is 57.1 Å². The lowest BCUT2D eigenvalue weighted by Crippen LogP contribution is -2.06. The third kappa shape index (κ3) is 3.58. The summed E-state index contributed by atoms with van der Waals surface area (Å²) in [6.45, 7) is 2.42. The van der Waals surface area contributed by atoms with Crippen molar-refractivity contribution in [1.82, 2.24) is 0 Å². The first-order valence-electron chi connectivity index (χ1n) is 7.71. The Bertz CT molecular complexity index is 859. The predicted molar refractivity (Wildman–Crippen MR) is 98.9 cm³/mol. The van der Waals surface area contributed by atoms with Crippen molar-refractivity contribution in [3.63, 3.8) is 0 Å². The van der Waals surface area contributed by atoms with Crippen molar-refractivity contribution in [2.24, 2.45) is 5.16 Å². The first-order valence-corrected chi connectivity index (χ1v) is 8.50. The first-order chi connectivity index (χ1) is 12.1. The summed E-state index contributed by atoms with van der Waals surface area (Å²) in [6, 6.07) is 13.1. The number of rotatable bonds is 5. The second-order valence-electron chi connectivity index (χ2n) is 5.21. The maximum absolute atomic E-state index is 12.1. The molecule has 0 atom stereocenters. The molecule has 1 heterocycles. The molecular weight excluding hydrogens is 386 g/mol. The summed E-state index contributed by atoms with van der Waals surface area (Å²) in [5.41, 5.74) is 2.49. The van der Waals surface area contributed by atoms with Crippen LogP contribution in [0.5, 0.6) is 11.5 Å². The Morgan fingerprint density at radius 1 is 1.24 bits per heavy atom. The molecule has 5 nitrogen and oxygen atoms in total. The van der Waals surface area contributed by atoms with Gasteiger partial charge in [0.05, 0.1) is 23.8 Å². The molecule has 0 aliphatic carbocycles. The van der Waals surface area contributed by atoms with Crippen molar-refractivity contribution in [3.05, 3.63) is 63.6 Å². The van der Waals surface area contributed by atoms with Gasteiger partial charge in [-0.3, -0.25) is 0 Å². The van der Waals surface area contributed by atoms with Gasteiger partial charge in [0.1, 0.15) is 5.71 Å². The van der Waals surface area contributed by atoms with Gasteiger partial charge in [-0.1, -0.05) is 35.5 Å². The van der Waals surface area contributed by atoms with Crippen LogP contribution < -0.4 is 9.47 Å². The maximum atomic E-state index is 12.1. The molecule has 128 valence electrons. The van der Waals surface area contributed by atoms with Crippen molar-refractivity contribution in [2.45, 2.75) is 6.92 Å². The number of methoxy groups -OCH3 is 1. The zero-order valence-electron chi connectivity index (χ0n) is 13.8. The number of hydrogen-bond donors (Lipinski definition) is 0. The van der Waals surface area contributed by atoms with E-state index in [0.717, 1.165) is 15.6 Å². The van der Waals surface area contributed by atoms with Gasteiger partial charge in [0.15, 0.2) is 11.5 Å². The molecule has 0 aromatic heterocycles. The zero-order chi connectivity index (χ0) is 17.8. The summed E-state index contributed by atoms with van der Waals surface area (Å²) in [7, 11) is 1.57. The molecule has 0 radical (unpaired) electrons. The average molecular weight is 402 g/mol. The Morgan fingerprint density at radius 3 is 2.68 bits per heavy atom. The van der Waals surface area contributed by atoms with Crippen molar-refractivity contribution in [3.8, 4) is 11.5 Å². The second kappa shape index (κ2) is 7.53. The highest BCUT2D eigenvalue weighted by molar-refractivity contribution is 9.10. The fourth-order valence-corrected chi connectivity index (χ4v) is 3.06. The van der Waals surface area contributed by atoms with Crippen LogP contribution in [0.3, 0.4) is 0 Å². The third-order valence-electron chi connectivity index (χ3n) is 3.59. The van der Waals surface area contributed by atoms with Gasteiger partial charge in [0.25, 0.3) is 0 Å². The number of ether oxygens (including phenoxy) is 2. The molecule has 0 saturated heterocycles. The van der Waals surface area contributed by atoms with Crippen molar-refractivity contribution >= 4 is 33.7 Å². The average Bonchev–Trinajstić information content (AvgIpc) is 2.98. The number of carbonyl (C=O) groups is 1. The van der Waals surface area contributed by atoms with Gasteiger partial charge < -0.3 is 14.3 Å². The zero-order valence-corrected chi connectivity index (χ0v) is 15.4. The second-order valence-corrected chi connectivity index (χ2v) is 6.06. The van der Waals surface area contributed by atoms with Gasteiger partial charge in [-0.25, -0.2) is 4.79 Å². The number of nitrogens with zero attached hydrogens (tertiary/aromatic N) is 1. The minimum atomic E-state index is -0.483. The summed E-state index contributed by atoms with van der Waals surface area (Å²) < 4.78 is 11.7. The van der Waals surface area contributed by atoms with Crippen LogP contribution in [0, 0.1) is 0 Å². The molecule has 0 spiro atoms. The van der Waals surface area contributed by atoms with Crippen LogP contribution in [0.4, 0.5) is 0 Å². The van der Waals surface area contributed by atoms with E-state index >= 15 is 0 Å². The van der Waals surface area contributed by atoms with Crippen LogP contribution in [0.1, 0.15) is 18.1 Å². The standard InChI is InChI=1S/C19H16BrNO4/c1-3-24-18-15(20)10-12(11-16(18)23-2)9-14-17(21-25-19(14)22)13-7-5-4-6-8-13/h4-11H,3H2,1-2H3/b14-9+. The van der Waals surface area contributed by atoms with Gasteiger partial charge in [-0.15, -0.1) is 0 Å². The number of carbonyl (C=O) groups excluding carboxylic acids is 1. The molecule has 25 heavy (non-hydrogen) atoms. The van der Waals surface area contributed by atoms with Crippen LogP contribution in [-0.4, -0.2) is 25.4 Å². The minimum Gasteiger partial charge on any atom is -0.493 e. The predicted octanol–water partition coefficient (Wildman–Crippen LogP) is 4.20.